The smallest absolute Gasteiger partial charge is 0.196 e. The average molecular weight is 526 g/mol. The summed E-state index contributed by atoms with van der Waals surface area (Å²) in [5.41, 5.74) is 6.40. The van der Waals surface area contributed by atoms with Crippen LogP contribution in [0.3, 0.4) is 0 Å². The molecule has 0 spiro atoms. The summed E-state index contributed by atoms with van der Waals surface area (Å²) in [7, 11) is 0. The third kappa shape index (κ3) is 4.54. The molecule has 1 aromatic heterocycles. The van der Waals surface area contributed by atoms with E-state index in [0.717, 1.165) is 33.6 Å². The van der Waals surface area contributed by atoms with Crippen LogP contribution < -0.4 is 0 Å². The number of benzene rings is 4. The van der Waals surface area contributed by atoms with Crippen molar-refractivity contribution in [1.82, 2.24) is 4.57 Å². The number of carbonyl (C=O) groups excluding carboxylic acids is 1. The Hall–Kier alpha value is -3.50. The minimum atomic E-state index is -0.129. The zero-order valence-electron chi connectivity index (χ0n) is 19.4. The lowest BCUT2D eigenvalue weighted by molar-refractivity contribution is 0.103. The van der Waals surface area contributed by atoms with Crippen LogP contribution in [0.4, 0.5) is 0 Å². The van der Waals surface area contributed by atoms with Crippen molar-refractivity contribution in [1.29, 1.82) is 0 Å². The van der Waals surface area contributed by atoms with Gasteiger partial charge in [0, 0.05) is 26.9 Å². The van der Waals surface area contributed by atoms with E-state index in [4.69, 9.17) is 35.4 Å². The normalized spacial score (nSPS) is 10.9. The number of rotatable bonds is 5. The fourth-order valence-electron chi connectivity index (χ4n) is 4.49. The molecule has 36 heavy (non-hydrogen) atoms. The van der Waals surface area contributed by atoms with Crippen molar-refractivity contribution in [3.8, 4) is 28.1 Å². The van der Waals surface area contributed by atoms with Gasteiger partial charge in [-0.05, 0) is 60.0 Å². The van der Waals surface area contributed by atoms with Crippen molar-refractivity contribution in [2.24, 2.45) is 0 Å². The van der Waals surface area contributed by atoms with Gasteiger partial charge in [-0.3, -0.25) is 9.36 Å². The van der Waals surface area contributed by atoms with Gasteiger partial charge in [-0.25, -0.2) is 0 Å². The molecule has 0 saturated heterocycles. The quantitative estimate of drug-likeness (QED) is 0.168. The molecule has 0 amide bonds. The molecule has 0 radical (unpaired) electrons. The molecule has 5 rings (SSSR count). The number of nitrogens with zero attached hydrogens (tertiary/aromatic N) is 1. The van der Waals surface area contributed by atoms with Gasteiger partial charge in [0.15, 0.2) is 5.78 Å². The van der Waals surface area contributed by atoms with E-state index in [2.05, 4.69) is 0 Å². The monoisotopic (exact) mass is 525 g/mol. The molecule has 0 fully saturated rings. The van der Waals surface area contributed by atoms with Gasteiger partial charge in [0.2, 0.25) is 0 Å². The molecule has 0 atom stereocenters. The summed E-state index contributed by atoms with van der Waals surface area (Å²) in [6.45, 7) is 2.04. The SMILES string of the molecule is Cc1c(-c2ccc(Cl)cc2)c(C(=O)c2ccccc2)c(=S)n(-c2ccc(Cl)cc2)c1-c1ccccc1. The molecule has 1 heterocycles. The third-order valence-corrected chi connectivity index (χ3v) is 7.04. The highest BCUT2D eigenvalue weighted by atomic mass is 35.5. The Kier molecular flexibility index (Phi) is 6.88. The fraction of sp³-hybridized carbons (Fsp3) is 0.0323. The van der Waals surface area contributed by atoms with Crippen LogP contribution in [0.2, 0.25) is 10.0 Å². The van der Waals surface area contributed by atoms with Crippen LogP contribution >= 0.6 is 35.4 Å². The van der Waals surface area contributed by atoms with E-state index in [-0.39, 0.29) is 5.78 Å². The summed E-state index contributed by atoms with van der Waals surface area (Å²) in [5, 5.41) is 1.25. The molecule has 176 valence electrons. The first kappa shape index (κ1) is 24.2. The Morgan fingerprint density at radius 3 is 1.81 bits per heavy atom. The molecular formula is C31H21Cl2NOS. The number of hydrogen-bond acceptors (Lipinski definition) is 2. The van der Waals surface area contributed by atoms with Crippen LogP contribution in [0.15, 0.2) is 109 Å². The van der Waals surface area contributed by atoms with Gasteiger partial charge >= 0.3 is 0 Å². The molecule has 0 unspecified atom stereocenters. The van der Waals surface area contributed by atoms with Gasteiger partial charge in [-0.2, -0.15) is 0 Å². The molecule has 0 aliphatic heterocycles. The molecule has 5 heteroatoms. The summed E-state index contributed by atoms with van der Waals surface area (Å²) in [4.78, 5) is 14.0. The third-order valence-electron chi connectivity index (χ3n) is 6.15. The molecular weight excluding hydrogens is 505 g/mol. The van der Waals surface area contributed by atoms with Crippen LogP contribution in [0.25, 0.3) is 28.1 Å². The van der Waals surface area contributed by atoms with Crippen LogP contribution in [-0.2, 0) is 0 Å². The van der Waals surface area contributed by atoms with E-state index in [0.29, 0.717) is 25.8 Å². The highest BCUT2D eigenvalue weighted by Crippen LogP contribution is 2.39. The first-order valence-corrected chi connectivity index (χ1v) is 12.6. The van der Waals surface area contributed by atoms with E-state index < -0.39 is 0 Å². The van der Waals surface area contributed by atoms with Gasteiger partial charge in [-0.1, -0.05) is 108 Å². The van der Waals surface area contributed by atoms with Gasteiger partial charge < -0.3 is 0 Å². The first-order chi connectivity index (χ1) is 17.5. The minimum absolute atomic E-state index is 0.129. The largest absolute Gasteiger partial charge is 0.300 e. The van der Waals surface area contributed by atoms with Crippen molar-refractivity contribution in [3.63, 3.8) is 0 Å². The molecule has 0 bridgehead atoms. The summed E-state index contributed by atoms with van der Waals surface area (Å²) < 4.78 is 2.41. The molecule has 2 nitrogen and oxygen atoms in total. The summed E-state index contributed by atoms with van der Waals surface area (Å²) in [6.07, 6.45) is 0. The zero-order valence-corrected chi connectivity index (χ0v) is 21.7. The lowest BCUT2D eigenvalue weighted by Gasteiger charge is -2.24. The molecule has 5 aromatic rings. The number of hydrogen-bond donors (Lipinski definition) is 0. The molecule has 0 N–H and O–H groups in total. The van der Waals surface area contributed by atoms with E-state index in [1.54, 1.807) is 0 Å². The van der Waals surface area contributed by atoms with Crippen molar-refractivity contribution < 1.29 is 4.79 Å². The van der Waals surface area contributed by atoms with E-state index in [1.807, 2.05) is 121 Å². The van der Waals surface area contributed by atoms with Gasteiger partial charge in [0.1, 0.15) is 4.64 Å². The van der Waals surface area contributed by atoms with E-state index >= 15 is 0 Å². The van der Waals surface area contributed by atoms with Crippen molar-refractivity contribution in [2.75, 3.05) is 0 Å². The highest BCUT2D eigenvalue weighted by Gasteiger charge is 2.25. The Labute approximate surface area is 225 Å². The Morgan fingerprint density at radius 2 is 1.22 bits per heavy atom. The van der Waals surface area contributed by atoms with Gasteiger partial charge in [0.05, 0.1) is 11.3 Å². The number of carbonyl (C=O) groups is 1. The molecule has 0 saturated carbocycles. The average Bonchev–Trinajstić information content (AvgIpc) is 2.91. The first-order valence-electron chi connectivity index (χ1n) is 11.4. The lowest BCUT2D eigenvalue weighted by Crippen LogP contribution is -2.14. The van der Waals surface area contributed by atoms with Gasteiger partial charge in [0.25, 0.3) is 0 Å². The number of pyridine rings is 1. The van der Waals surface area contributed by atoms with Crippen LogP contribution in [-0.4, -0.2) is 10.4 Å². The van der Waals surface area contributed by atoms with Crippen molar-refractivity contribution in [2.45, 2.75) is 6.92 Å². The summed E-state index contributed by atoms with van der Waals surface area (Å²) in [6, 6.07) is 34.3. The Bertz CT molecular complexity index is 1610. The van der Waals surface area contributed by atoms with Crippen molar-refractivity contribution in [3.05, 3.63) is 141 Å². The van der Waals surface area contributed by atoms with E-state index in [9.17, 15) is 4.79 Å². The maximum atomic E-state index is 14.0. The second kappa shape index (κ2) is 10.2. The minimum Gasteiger partial charge on any atom is -0.300 e. The molecule has 4 aromatic carbocycles. The standard InChI is InChI=1S/C31H21Cl2NOS/c1-20-27(21-12-14-24(32)15-13-21)28(30(35)23-10-6-3-7-11-23)31(36)34(26-18-16-25(33)17-19-26)29(20)22-8-4-2-5-9-22/h2-19H,1H3. The fourth-order valence-corrected chi connectivity index (χ4v) is 5.14. The summed E-state index contributed by atoms with van der Waals surface area (Å²) in [5.74, 6) is -0.129. The number of aromatic nitrogens is 1. The maximum absolute atomic E-state index is 14.0. The number of halogens is 2. The molecule has 0 aliphatic carbocycles. The predicted molar refractivity (Wildman–Crippen MR) is 152 cm³/mol. The molecule has 0 aliphatic rings. The second-order valence-electron chi connectivity index (χ2n) is 8.41. The van der Waals surface area contributed by atoms with Crippen molar-refractivity contribution >= 4 is 41.2 Å². The number of ketones is 1. The highest BCUT2D eigenvalue weighted by molar-refractivity contribution is 7.71. The van der Waals surface area contributed by atoms with Crippen LogP contribution in [0.1, 0.15) is 21.5 Å². The second-order valence-corrected chi connectivity index (χ2v) is 9.67. The summed E-state index contributed by atoms with van der Waals surface area (Å²) >= 11 is 18.5. The lowest BCUT2D eigenvalue weighted by atomic mass is 9.89. The van der Waals surface area contributed by atoms with Crippen LogP contribution in [0.5, 0.6) is 0 Å². The predicted octanol–water partition coefficient (Wildman–Crippen LogP) is 9.39. The zero-order chi connectivity index (χ0) is 25.2. The Balaban J connectivity index is 1.94. The topological polar surface area (TPSA) is 22.0 Å². The Morgan fingerprint density at radius 1 is 0.694 bits per heavy atom. The van der Waals surface area contributed by atoms with Crippen LogP contribution in [0, 0.1) is 11.6 Å². The maximum Gasteiger partial charge on any atom is 0.196 e. The van der Waals surface area contributed by atoms with Gasteiger partial charge in [-0.15, -0.1) is 0 Å². The van der Waals surface area contributed by atoms with E-state index in [1.165, 1.54) is 0 Å².